The Kier molecular flexibility index (Phi) is 4.17. The molecule has 5 heteroatoms. The lowest BCUT2D eigenvalue weighted by Crippen LogP contribution is -2.07. The molecule has 1 aromatic heterocycles. The summed E-state index contributed by atoms with van der Waals surface area (Å²) in [6.45, 7) is 6.01. The summed E-state index contributed by atoms with van der Waals surface area (Å²) in [5.74, 6) is 0.679. The summed E-state index contributed by atoms with van der Waals surface area (Å²) in [6.07, 6.45) is 0.117. The van der Waals surface area contributed by atoms with Gasteiger partial charge in [-0.2, -0.15) is 0 Å². The summed E-state index contributed by atoms with van der Waals surface area (Å²) < 4.78 is 8.60. The van der Waals surface area contributed by atoms with Crippen LogP contribution in [0.25, 0.3) is 5.69 Å². The first-order valence-electron chi connectivity index (χ1n) is 5.66. The minimum atomic E-state index is 0.117. The van der Waals surface area contributed by atoms with Crippen LogP contribution in [0, 0.1) is 10.5 Å². The van der Waals surface area contributed by atoms with Gasteiger partial charge < -0.3 is 4.74 Å². The predicted octanol–water partition coefficient (Wildman–Crippen LogP) is 4.23. The van der Waals surface area contributed by atoms with E-state index in [4.69, 9.17) is 16.3 Å². The van der Waals surface area contributed by atoms with Crippen LogP contribution in [0.15, 0.2) is 24.3 Å². The Morgan fingerprint density at radius 3 is 2.44 bits per heavy atom. The van der Waals surface area contributed by atoms with Gasteiger partial charge in [-0.25, -0.2) is 4.68 Å². The Hall–Kier alpha value is -0.750. The molecule has 0 bridgehead atoms. The van der Waals surface area contributed by atoms with E-state index in [1.54, 1.807) is 0 Å². The van der Waals surface area contributed by atoms with Crippen LogP contribution >= 0.6 is 34.2 Å². The van der Waals surface area contributed by atoms with E-state index in [0.717, 1.165) is 20.0 Å². The zero-order valence-electron chi connectivity index (χ0n) is 10.4. The molecule has 0 fully saturated rings. The average Bonchev–Trinajstić information content (AvgIpc) is 2.58. The van der Waals surface area contributed by atoms with Crippen molar-refractivity contribution in [3.63, 3.8) is 0 Å². The molecular formula is C13H14ClIN2O. The number of halogens is 2. The molecule has 0 radical (unpaired) electrons. The van der Waals surface area contributed by atoms with Gasteiger partial charge in [0.1, 0.15) is 0 Å². The maximum Gasteiger partial charge on any atom is 0.247 e. The highest BCUT2D eigenvalue weighted by Gasteiger charge is 2.15. The van der Waals surface area contributed by atoms with Crippen LogP contribution < -0.4 is 4.74 Å². The quantitative estimate of drug-likeness (QED) is 0.750. The van der Waals surface area contributed by atoms with Gasteiger partial charge in [0.05, 0.1) is 21.1 Å². The van der Waals surface area contributed by atoms with Crippen LogP contribution in [0.4, 0.5) is 0 Å². The molecule has 2 aromatic rings. The van der Waals surface area contributed by atoms with Gasteiger partial charge in [0, 0.05) is 5.02 Å². The first kappa shape index (κ1) is 13.7. The number of rotatable bonds is 3. The molecule has 2 rings (SSSR count). The summed E-state index contributed by atoms with van der Waals surface area (Å²) in [4.78, 5) is 0. The lowest BCUT2D eigenvalue weighted by molar-refractivity contribution is 0.229. The van der Waals surface area contributed by atoms with Crippen molar-refractivity contribution < 1.29 is 4.74 Å². The van der Waals surface area contributed by atoms with Crippen molar-refractivity contribution in [1.29, 1.82) is 0 Å². The van der Waals surface area contributed by atoms with Crippen molar-refractivity contribution in [2.24, 2.45) is 0 Å². The lowest BCUT2D eigenvalue weighted by Gasteiger charge is -2.06. The number of hydrogen-bond donors (Lipinski definition) is 0. The minimum absolute atomic E-state index is 0.117. The van der Waals surface area contributed by atoms with Crippen LogP contribution in [0.2, 0.25) is 5.02 Å². The van der Waals surface area contributed by atoms with Gasteiger partial charge in [-0.3, -0.25) is 0 Å². The van der Waals surface area contributed by atoms with E-state index in [1.165, 1.54) is 0 Å². The third-order valence-corrected chi connectivity index (χ3v) is 3.93. The van der Waals surface area contributed by atoms with E-state index in [9.17, 15) is 0 Å². The number of hydrogen-bond acceptors (Lipinski definition) is 2. The van der Waals surface area contributed by atoms with Gasteiger partial charge in [0.25, 0.3) is 0 Å². The Labute approximate surface area is 125 Å². The number of nitrogens with zero attached hydrogens (tertiary/aromatic N) is 2. The van der Waals surface area contributed by atoms with Gasteiger partial charge in [-0.1, -0.05) is 11.6 Å². The van der Waals surface area contributed by atoms with E-state index in [-0.39, 0.29) is 6.10 Å². The highest BCUT2D eigenvalue weighted by molar-refractivity contribution is 14.1. The molecule has 0 spiro atoms. The van der Waals surface area contributed by atoms with Gasteiger partial charge in [-0.15, -0.1) is 5.10 Å². The van der Waals surface area contributed by atoms with Crippen molar-refractivity contribution in [3.05, 3.63) is 38.6 Å². The first-order chi connectivity index (χ1) is 8.49. The molecule has 0 aliphatic rings. The Bertz CT molecular complexity index is 549. The molecule has 18 heavy (non-hydrogen) atoms. The molecule has 0 amide bonds. The normalized spacial score (nSPS) is 11.0. The third-order valence-electron chi connectivity index (χ3n) is 2.43. The van der Waals surface area contributed by atoms with Crippen molar-refractivity contribution >= 4 is 34.2 Å². The summed E-state index contributed by atoms with van der Waals surface area (Å²) in [5.41, 5.74) is 2.04. The smallest absolute Gasteiger partial charge is 0.247 e. The zero-order chi connectivity index (χ0) is 13.3. The van der Waals surface area contributed by atoms with Crippen molar-refractivity contribution in [1.82, 2.24) is 9.78 Å². The molecular weight excluding hydrogens is 363 g/mol. The van der Waals surface area contributed by atoms with E-state index >= 15 is 0 Å². The van der Waals surface area contributed by atoms with Gasteiger partial charge in [0.15, 0.2) is 0 Å². The predicted molar refractivity (Wildman–Crippen MR) is 81.8 cm³/mol. The molecule has 0 atom stereocenters. The molecule has 3 nitrogen and oxygen atoms in total. The van der Waals surface area contributed by atoms with Crippen molar-refractivity contribution in [3.8, 4) is 11.6 Å². The second-order valence-electron chi connectivity index (χ2n) is 4.26. The molecule has 1 heterocycles. The van der Waals surface area contributed by atoms with Crippen LogP contribution in [0.5, 0.6) is 5.88 Å². The van der Waals surface area contributed by atoms with E-state index < -0.39 is 0 Å². The minimum Gasteiger partial charge on any atom is -0.473 e. The summed E-state index contributed by atoms with van der Waals surface area (Å²) in [5, 5.41) is 5.21. The Morgan fingerprint density at radius 1 is 1.28 bits per heavy atom. The van der Waals surface area contributed by atoms with Gasteiger partial charge >= 0.3 is 0 Å². The molecule has 1 aromatic carbocycles. The van der Waals surface area contributed by atoms with Crippen LogP contribution in [0.3, 0.4) is 0 Å². The molecule has 0 aliphatic heterocycles. The second-order valence-corrected chi connectivity index (χ2v) is 5.77. The van der Waals surface area contributed by atoms with E-state index in [2.05, 4.69) is 27.7 Å². The molecule has 96 valence electrons. The first-order valence-corrected chi connectivity index (χ1v) is 7.12. The highest BCUT2D eigenvalue weighted by Crippen LogP contribution is 2.26. The third kappa shape index (κ3) is 2.80. The fraction of sp³-hybridized carbons (Fsp3) is 0.308. The zero-order valence-corrected chi connectivity index (χ0v) is 13.4. The van der Waals surface area contributed by atoms with Crippen LogP contribution in [-0.2, 0) is 0 Å². The molecule has 0 aliphatic carbocycles. The van der Waals surface area contributed by atoms with Crippen molar-refractivity contribution in [2.45, 2.75) is 26.9 Å². The van der Waals surface area contributed by atoms with E-state index in [1.807, 2.05) is 49.7 Å². The standard InChI is InChI=1S/C13H14ClIN2O/c1-8(2)18-13-12(15)9(3)17(16-13)11-6-4-10(14)5-7-11/h4-8H,1-3H3. The Balaban J connectivity index is 2.42. The maximum absolute atomic E-state index is 5.89. The monoisotopic (exact) mass is 376 g/mol. The summed E-state index contributed by atoms with van der Waals surface area (Å²) in [7, 11) is 0. The number of aromatic nitrogens is 2. The molecule has 0 saturated carbocycles. The molecule has 0 saturated heterocycles. The summed E-state index contributed by atoms with van der Waals surface area (Å²) in [6, 6.07) is 7.59. The van der Waals surface area contributed by atoms with E-state index in [0.29, 0.717) is 5.88 Å². The van der Waals surface area contributed by atoms with Crippen LogP contribution in [0.1, 0.15) is 19.5 Å². The molecule has 0 N–H and O–H groups in total. The topological polar surface area (TPSA) is 27.1 Å². The van der Waals surface area contributed by atoms with Crippen LogP contribution in [-0.4, -0.2) is 15.9 Å². The van der Waals surface area contributed by atoms with Gasteiger partial charge in [0.2, 0.25) is 5.88 Å². The Morgan fingerprint density at radius 2 is 1.89 bits per heavy atom. The fourth-order valence-electron chi connectivity index (χ4n) is 1.59. The lowest BCUT2D eigenvalue weighted by atomic mass is 10.3. The van der Waals surface area contributed by atoms with Crippen molar-refractivity contribution in [2.75, 3.05) is 0 Å². The highest BCUT2D eigenvalue weighted by atomic mass is 127. The van der Waals surface area contributed by atoms with Gasteiger partial charge in [-0.05, 0) is 67.6 Å². The maximum atomic E-state index is 5.89. The fourth-order valence-corrected chi connectivity index (χ4v) is 2.18. The SMILES string of the molecule is Cc1c(I)c(OC(C)C)nn1-c1ccc(Cl)cc1. The average molecular weight is 377 g/mol. The second kappa shape index (κ2) is 5.48. The number of ether oxygens (including phenoxy) is 1. The largest absolute Gasteiger partial charge is 0.473 e. The number of benzene rings is 1. The molecule has 0 unspecified atom stereocenters. The summed E-state index contributed by atoms with van der Waals surface area (Å²) >= 11 is 8.15.